The van der Waals surface area contributed by atoms with Crippen LogP contribution in [0.1, 0.15) is 10.4 Å². The Morgan fingerprint density at radius 2 is 2.10 bits per heavy atom. The number of amides is 1. The lowest BCUT2D eigenvalue weighted by molar-refractivity contribution is 0.102. The van der Waals surface area contributed by atoms with Crippen LogP contribution >= 0.6 is 11.3 Å². The summed E-state index contributed by atoms with van der Waals surface area (Å²) in [6.45, 7) is 0. The third-order valence-electron chi connectivity index (χ3n) is 2.73. The first-order valence-corrected chi connectivity index (χ1v) is 6.97. The van der Waals surface area contributed by atoms with Crippen LogP contribution in [0.3, 0.4) is 0 Å². The van der Waals surface area contributed by atoms with E-state index in [0.29, 0.717) is 17.2 Å². The number of thiophene rings is 1. The molecule has 0 saturated heterocycles. The zero-order chi connectivity index (χ0) is 14.7. The average Bonchev–Trinajstić information content (AvgIpc) is 3.17. The summed E-state index contributed by atoms with van der Waals surface area (Å²) in [6, 6.07) is 10.7. The summed E-state index contributed by atoms with van der Waals surface area (Å²) in [7, 11) is 1.51. The molecule has 3 aromatic rings. The Morgan fingerprint density at radius 3 is 2.86 bits per heavy atom. The molecule has 0 spiro atoms. The van der Waals surface area contributed by atoms with Gasteiger partial charge >= 0.3 is 6.01 Å². The third-order valence-corrected chi connectivity index (χ3v) is 3.59. The minimum Gasteiger partial charge on any atom is -0.496 e. The molecule has 1 aromatic carbocycles. The molecule has 2 heterocycles. The molecule has 0 fully saturated rings. The molecule has 7 heteroatoms. The Bertz CT molecular complexity index is 752. The summed E-state index contributed by atoms with van der Waals surface area (Å²) in [6.07, 6.45) is 0. The molecule has 1 amide bonds. The predicted molar refractivity (Wildman–Crippen MR) is 78.6 cm³/mol. The van der Waals surface area contributed by atoms with Gasteiger partial charge in [-0.3, -0.25) is 10.1 Å². The minimum absolute atomic E-state index is 0.0503. The smallest absolute Gasteiger partial charge is 0.322 e. The third kappa shape index (κ3) is 2.77. The van der Waals surface area contributed by atoms with Gasteiger partial charge in [0.1, 0.15) is 5.75 Å². The van der Waals surface area contributed by atoms with E-state index in [4.69, 9.17) is 9.15 Å². The van der Waals surface area contributed by atoms with Gasteiger partial charge in [-0.15, -0.1) is 16.4 Å². The fourth-order valence-electron chi connectivity index (χ4n) is 1.77. The first-order chi connectivity index (χ1) is 10.3. The topological polar surface area (TPSA) is 77.2 Å². The van der Waals surface area contributed by atoms with E-state index >= 15 is 0 Å². The van der Waals surface area contributed by atoms with Crippen LogP contribution in [0.5, 0.6) is 5.75 Å². The molecule has 0 aliphatic carbocycles. The van der Waals surface area contributed by atoms with Crippen molar-refractivity contribution in [3.05, 3.63) is 47.3 Å². The molecule has 2 aromatic heterocycles. The minimum atomic E-state index is -0.367. The molecule has 0 atom stereocenters. The summed E-state index contributed by atoms with van der Waals surface area (Å²) < 4.78 is 10.6. The van der Waals surface area contributed by atoms with Crippen molar-refractivity contribution in [3.63, 3.8) is 0 Å². The van der Waals surface area contributed by atoms with Gasteiger partial charge in [0.15, 0.2) is 0 Å². The Hall–Kier alpha value is -2.67. The fraction of sp³-hybridized carbons (Fsp3) is 0.0714. The zero-order valence-corrected chi connectivity index (χ0v) is 11.9. The number of aromatic nitrogens is 2. The quantitative estimate of drug-likeness (QED) is 0.801. The van der Waals surface area contributed by atoms with E-state index < -0.39 is 0 Å². The van der Waals surface area contributed by atoms with E-state index in [-0.39, 0.29) is 11.9 Å². The van der Waals surface area contributed by atoms with Gasteiger partial charge in [-0.05, 0) is 23.6 Å². The Morgan fingerprint density at radius 1 is 1.24 bits per heavy atom. The normalized spacial score (nSPS) is 10.3. The maximum atomic E-state index is 12.2. The van der Waals surface area contributed by atoms with E-state index in [1.54, 1.807) is 24.3 Å². The zero-order valence-electron chi connectivity index (χ0n) is 11.1. The molecule has 0 aliphatic rings. The van der Waals surface area contributed by atoms with Crippen LogP contribution in [0.2, 0.25) is 0 Å². The van der Waals surface area contributed by atoms with Crippen molar-refractivity contribution in [2.45, 2.75) is 0 Å². The average molecular weight is 301 g/mol. The van der Waals surface area contributed by atoms with Crippen molar-refractivity contribution in [1.82, 2.24) is 10.2 Å². The molecule has 6 nitrogen and oxygen atoms in total. The summed E-state index contributed by atoms with van der Waals surface area (Å²) in [5.41, 5.74) is 0.399. The molecule has 21 heavy (non-hydrogen) atoms. The summed E-state index contributed by atoms with van der Waals surface area (Å²) in [5, 5.41) is 12.2. The van der Waals surface area contributed by atoms with Crippen molar-refractivity contribution < 1.29 is 13.9 Å². The Labute approximate surface area is 124 Å². The maximum Gasteiger partial charge on any atom is 0.322 e. The molecular formula is C14H11N3O3S. The Balaban J connectivity index is 1.79. The first-order valence-electron chi connectivity index (χ1n) is 6.09. The number of rotatable bonds is 4. The number of nitrogens with one attached hydrogen (secondary N) is 1. The van der Waals surface area contributed by atoms with Crippen molar-refractivity contribution in [1.29, 1.82) is 0 Å². The molecule has 0 radical (unpaired) electrons. The number of anilines is 1. The number of carbonyl (C=O) groups excluding carboxylic acids is 1. The standard InChI is InChI=1S/C14H11N3O3S/c1-19-10-6-3-2-5-9(10)12(18)15-14-17-16-13(20-14)11-7-4-8-21-11/h2-8H,1H3,(H,15,17,18). The molecule has 0 bridgehead atoms. The van der Waals surface area contributed by atoms with E-state index in [1.807, 2.05) is 17.5 Å². The van der Waals surface area contributed by atoms with Crippen LogP contribution < -0.4 is 10.1 Å². The lowest BCUT2D eigenvalue weighted by Crippen LogP contribution is -2.13. The number of carbonyl (C=O) groups is 1. The van der Waals surface area contributed by atoms with E-state index in [1.165, 1.54) is 18.4 Å². The number of nitrogens with zero attached hydrogens (tertiary/aromatic N) is 2. The lowest BCUT2D eigenvalue weighted by Gasteiger charge is -2.06. The highest BCUT2D eigenvalue weighted by Gasteiger charge is 2.15. The summed E-state index contributed by atoms with van der Waals surface area (Å²) >= 11 is 1.48. The van der Waals surface area contributed by atoms with Gasteiger partial charge in [0.05, 0.1) is 17.6 Å². The monoisotopic (exact) mass is 301 g/mol. The van der Waals surface area contributed by atoms with Gasteiger partial charge in [-0.2, -0.15) is 0 Å². The van der Waals surface area contributed by atoms with Crippen LogP contribution in [-0.4, -0.2) is 23.2 Å². The van der Waals surface area contributed by atoms with Crippen LogP contribution in [-0.2, 0) is 0 Å². The second-order valence-electron chi connectivity index (χ2n) is 4.04. The number of benzene rings is 1. The van der Waals surface area contributed by atoms with Crippen molar-refractivity contribution in [3.8, 4) is 16.5 Å². The molecule has 3 rings (SSSR count). The fourth-order valence-corrected chi connectivity index (χ4v) is 2.41. The molecule has 106 valence electrons. The second-order valence-corrected chi connectivity index (χ2v) is 4.99. The highest BCUT2D eigenvalue weighted by molar-refractivity contribution is 7.13. The van der Waals surface area contributed by atoms with Gasteiger partial charge in [0.25, 0.3) is 11.8 Å². The van der Waals surface area contributed by atoms with Crippen LogP contribution in [0.25, 0.3) is 10.8 Å². The van der Waals surface area contributed by atoms with E-state index in [9.17, 15) is 4.79 Å². The SMILES string of the molecule is COc1ccccc1C(=O)Nc1nnc(-c2cccs2)o1. The van der Waals surface area contributed by atoms with E-state index in [2.05, 4.69) is 15.5 Å². The van der Waals surface area contributed by atoms with Crippen LogP contribution in [0, 0.1) is 0 Å². The molecule has 0 unspecified atom stereocenters. The summed E-state index contributed by atoms with van der Waals surface area (Å²) in [4.78, 5) is 13.0. The maximum absolute atomic E-state index is 12.2. The number of hydrogen-bond donors (Lipinski definition) is 1. The predicted octanol–water partition coefficient (Wildman–Crippen LogP) is 3.06. The molecule has 0 saturated carbocycles. The van der Waals surface area contributed by atoms with Crippen molar-refractivity contribution in [2.24, 2.45) is 0 Å². The first kappa shape index (κ1) is 13.3. The largest absolute Gasteiger partial charge is 0.496 e. The van der Waals surface area contributed by atoms with Crippen LogP contribution in [0.15, 0.2) is 46.2 Å². The second kappa shape index (κ2) is 5.76. The highest BCUT2D eigenvalue weighted by Crippen LogP contribution is 2.25. The Kier molecular flexibility index (Phi) is 3.65. The number of methoxy groups -OCH3 is 1. The van der Waals surface area contributed by atoms with Gasteiger partial charge in [0, 0.05) is 0 Å². The van der Waals surface area contributed by atoms with Gasteiger partial charge in [-0.1, -0.05) is 23.3 Å². The summed E-state index contributed by atoms with van der Waals surface area (Å²) in [5.74, 6) is 0.488. The molecule has 0 aliphatic heterocycles. The van der Waals surface area contributed by atoms with Crippen LogP contribution in [0.4, 0.5) is 6.01 Å². The van der Waals surface area contributed by atoms with Gasteiger partial charge in [0.2, 0.25) is 0 Å². The lowest BCUT2D eigenvalue weighted by atomic mass is 10.2. The van der Waals surface area contributed by atoms with Crippen molar-refractivity contribution >= 4 is 23.3 Å². The molecule has 1 N–H and O–H groups in total. The van der Waals surface area contributed by atoms with Gasteiger partial charge in [-0.25, -0.2) is 0 Å². The molecular weight excluding hydrogens is 290 g/mol. The number of para-hydroxylation sites is 1. The highest BCUT2D eigenvalue weighted by atomic mass is 32.1. The number of ether oxygens (including phenoxy) is 1. The van der Waals surface area contributed by atoms with Gasteiger partial charge < -0.3 is 9.15 Å². The number of hydrogen-bond acceptors (Lipinski definition) is 6. The van der Waals surface area contributed by atoms with Crippen molar-refractivity contribution in [2.75, 3.05) is 12.4 Å². The van der Waals surface area contributed by atoms with E-state index in [0.717, 1.165) is 4.88 Å².